The second kappa shape index (κ2) is 13.2. The zero-order valence-corrected chi connectivity index (χ0v) is 22.6. The molecule has 0 unspecified atom stereocenters. The Balaban J connectivity index is 0.00000363. The number of aliphatic imine (C=N–C) groups is 1. The van der Waals surface area contributed by atoms with E-state index in [2.05, 4.69) is 44.4 Å². The molecule has 0 bridgehead atoms. The van der Waals surface area contributed by atoms with E-state index in [1.807, 2.05) is 31.5 Å². The number of hydrogen-bond acceptors (Lipinski definition) is 5. The summed E-state index contributed by atoms with van der Waals surface area (Å²) in [6.45, 7) is 12.5. The molecule has 2 heterocycles. The fraction of sp³-hybridized carbons (Fsp3) is 0.591. The summed E-state index contributed by atoms with van der Waals surface area (Å²) in [6, 6.07) is 6.09. The molecule has 0 amide bonds. The minimum absolute atomic E-state index is 0. The van der Waals surface area contributed by atoms with Gasteiger partial charge in [0.1, 0.15) is 12.4 Å². The van der Waals surface area contributed by atoms with Crippen molar-refractivity contribution in [3.63, 3.8) is 0 Å². The van der Waals surface area contributed by atoms with E-state index in [0.717, 1.165) is 75.0 Å². The second-order valence-corrected chi connectivity index (χ2v) is 8.18. The normalized spacial score (nSPS) is 14.5. The van der Waals surface area contributed by atoms with Gasteiger partial charge in [-0.2, -0.15) is 0 Å². The molecule has 178 valence electrons. The van der Waals surface area contributed by atoms with E-state index >= 15 is 0 Å². The maximum Gasteiger partial charge on any atom is 0.194 e. The molecule has 1 aliphatic rings. The van der Waals surface area contributed by atoms with Crippen LogP contribution in [0.1, 0.15) is 30.6 Å². The number of benzene rings is 1. The summed E-state index contributed by atoms with van der Waals surface area (Å²) < 4.78 is 7.44. The van der Waals surface area contributed by atoms with E-state index in [9.17, 15) is 0 Å². The van der Waals surface area contributed by atoms with E-state index in [1.165, 1.54) is 11.3 Å². The Bertz CT molecular complexity index is 881. The van der Waals surface area contributed by atoms with Crippen molar-refractivity contribution in [1.82, 2.24) is 25.0 Å². The standard InChI is InChI=1S/C22H34ClN7O.HI/c1-5-31-14-6-9-24-22(25-16-21-27-26-18(3)28(21)4)30-12-10-29(11-13-30)20-15-19(23)8-7-17(20)2;/h7-8,15H,5-6,9-14,16H2,1-4H3,(H,24,25);1H. The summed E-state index contributed by atoms with van der Waals surface area (Å²) >= 11 is 6.23. The zero-order chi connectivity index (χ0) is 22.2. The molecule has 1 aliphatic heterocycles. The Kier molecular flexibility index (Phi) is 11.0. The van der Waals surface area contributed by atoms with Gasteiger partial charge in [-0.3, -0.25) is 0 Å². The maximum absolute atomic E-state index is 6.23. The van der Waals surface area contributed by atoms with Gasteiger partial charge in [-0.25, -0.2) is 4.99 Å². The summed E-state index contributed by atoms with van der Waals surface area (Å²) in [5.74, 6) is 2.67. The van der Waals surface area contributed by atoms with Gasteiger partial charge < -0.3 is 24.4 Å². The molecule has 0 aliphatic carbocycles. The van der Waals surface area contributed by atoms with Crippen LogP contribution in [-0.2, 0) is 18.3 Å². The van der Waals surface area contributed by atoms with Crippen LogP contribution in [0.5, 0.6) is 0 Å². The van der Waals surface area contributed by atoms with Gasteiger partial charge in [-0.15, -0.1) is 34.2 Å². The van der Waals surface area contributed by atoms with E-state index in [1.54, 1.807) is 0 Å². The van der Waals surface area contributed by atoms with Crippen molar-refractivity contribution in [2.45, 2.75) is 33.7 Å². The van der Waals surface area contributed by atoms with Crippen LogP contribution in [0.15, 0.2) is 23.2 Å². The average Bonchev–Trinajstić information content (AvgIpc) is 3.10. The zero-order valence-electron chi connectivity index (χ0n) is 19.5. The molecule has 3 rings (SSSR count). The van der Waals surface area contributed by atoms with Crippen LogP contribution in [0, 0.1) is 13.8 Å². The SMILES string of the molecule is CCOCCCNC(=NCc1nnc(C)n1C)N1CCN(c2cc(Cl)ccc2C)CC1.I. The van der Waals surface area contributed by atoms with Crippen molar-refractivity contribution in [2.24, 2.45) is 12.0 Å². The highest BCUT2D eigenvalue weighted by Gasteiger charge is 2.21. The molecule has 10 heteroatoms. The summed E-state index contributed by atoms with van der Waals surface area (Å²) in [6.07, 6.45) is 0.942. The van der Waals surface area contributed by atoms with Crippen LogP contribution < -0.4 is 10.2 Å². The molecule has 0 saturated carbocycles. The minimum Gasteiger partial charge on any atom is -0.382 e. The minimum atomic E-state index is 0. The van der Waals surface area contributed by atoms with Crippen LogP contribution in [0.4, 0.5) is 5.69 Å². The Morgan fingerprint density at radius 3 is 2.59 bits per heavy atom. The van der Waals surface area contributed by atoms with Crippen molar-refractivity contribution in [1.29, 1.82) is 0 Å². The highest BCUT2D eigenvalue weighted by Crippen LogP contribution is 2.25. The first-order valence-electron chi connectivity index (χ1n) is 11.0. The van der Waals surface area contributed by atoms with Gasteiger partial charge in [-0.1, -0.05) is 17.7 Å². The number of piperazine rings is 1. The van der Waals surface area contributed by atoms with Gasteiger partial charge >= 0.3 is 0 Å². The van der Waals surface area contributed by atoms with E-state index in [0.29, 0.717) is 6.54 Å². The first kappa shape index (κ1) is 26.7. The number of anilines is 1. The molecular weight excluding hydrogens is 541 g/mol. The van der Waals surface area contributed by atoms with Crippen molar-refractivity contribution in [3.8, 4) is 0 Å². The number of rotatable bonds is 8. The third-order valence-electron chi connectivity index (χ3n) is 5.60. The quantitative estimate of drug-likeness (QED) is 0.225. The molecule has 1 aromatic heterocycles. The number of ether oxygens (including phenoxy) is 1. The number of nitrogens with zero attached hydrogens (tertiary/aromatic N) is 6. The first-order valence-corrected chi connectivity index (χ1v) is 11.3. The largest absolute Gasteiger partial charge is 0.382 e. The van der Waals surface area contributed by atoms with Crippen molar-refractivity contribution in [2.75, 3.05) is 50.8 Å². The fourth-order valence-electron chi connectivity index (χ4n) is 3.60. The monoisotopic (exact) mass is 575 g/mol. The lowest BCUT2D eigenvalue weighted by atomic mass is 10.1. The molecule has 0 atom stereocenters. The topological polar surface area (TPSA) is 70.8 Å². The van der Waals surface area contributed by atoms with Crippen LogP contribution in [0.3, 0.4) is 0 Å². The Morgan fingerprint density at radius 2 is 1.94 bits per heavy atom. The molecular formula is C22H35ClIN7O. The number of aromatic nitrogens is 3. The molecule has 1 N–H and O–H groups in total. The van der Waals surface area contributed by atoms with E-state index in [4.69, 9.17) is 21.3 Å². The summed E-state index contributed by atoms with van der Waals surface area (Å²) in [5.41, 5.74) is 2.46. The lowest BCUT2D eigenvalue weighted by Crippen LogP contribution is -2.53. The number of aryl methyl sites for hydroxylation is 2. The molecule has 0 spiro atoms. The first-order chi connectivity index (χ1) is 15.0. The average molecular weight is 576 g/mol. The fourth-order valence-corrected chi connectivity index (χ4v) is 3.77. The molecule has 2 aromatic rings. The third-order valence-corrected chi connectivity index (χ3v) is 5.83. The van der Waals surface area contributed by atoms with Gasteiger partial charge in [0, 0.05) is 63.7 Å². The smallest absolute Gasteiger partial charge is 0.194 e. The van der Waals surface area contributed by atoms with E-state index in [-0.39, 0.29) is 24.0 Å². The van der Waals surface area contributed by atoms with Crippen LogP contribution >= 0.6 is 35.6 Å². The maximum atomic E-state index is 6.23. The lowest BCUT2D eigenvalue weighted by Gasteiger charge is -2.38. The molecule has 1 fully saturated rings. The summed E-state index contributed by atoms with van der Waals surface area (Å²) in [5, 5.41) is 12.7. The number of guanidine groups is 1. The third kappa shape index (κ3) is 7.21. The highest BCUT2D eigenvalue weighted by molar-refractivity contribution is 14.0. The van der Waals surface area contributed by atoms with Gasteiger partial charge in [0.15, 0.2) is 11.8 Å². The molecule has 1 aromatic carbocycles. The molecule has 8 nitrogen and oxygen atoms in total. The second-order valence-electron chi connectivity index (χ2n) is 7.74. The molecule has 1 saturated heterocycles. The highest BCUT2D eigenvalue weighted by atomic mass is 127. The van der Waals surface area contributed by atoms with Crippen LogP contribution in [0.2, 0.25) is 5.02 Å². The van der Waals surface area contributed by atoms with E-state index < -0.39 is 0 Å². The Morgan fingerprint density at radius 1 is 1.19 bits per heavy atom. The van der Waals surface area contributed by atoms with Gasteiger partial charge in [0.05, 0.1) is 0 Å². The number of halogens is 2. The Hall–Kier alpha value is -1.59. The van der Waals surface area contributed by atoms with Crippen molar-refractivity contribution in [3.05, 3.63) is 40.4 Å². The van der Waals surface area contributed by atoms with Crippen LogP contribution in [-0.4, -0.2) is 71.6 Å². The van der Waals surface area contributed by atoms with Crippen molar-refractivity contribution < 1.29 is 4.74 Å². The predicted molar refractivity (Wildman–Crippen MR) is 141 cm³/mol. The Labute approximate surface area is 213 Å². The summed E-state index contributed by atoms with van der Waals surface area (Å²) in [7, 11) is 1.97. The molecule has 32 heavy (non-hydrogen) atoms. The summed E-state index contributed by atoms with van der Waals surface area (Å²) in [4.78, 5) is 9.59. The molecule has 0 radical (unpaired) electrons. The lowest BCUT2D eigenvalue weighted by molar-refractivity contribution is 0.145. The number of hydrogen-bond donors (Lipinski definition) is 1. The number of nitrogens with one attached hydrogen (secondary N) is 1. The van der Waals surface area contributed by atoms with Gasteiger partial charge in [0.25, 0.3) is 0 Å². The van der Waals surface area contributed by atoms with Gasteiger partial charge in [-0.05, 0) is 44.9 Å². The van der Waals surface area contributed by atoms with Crippen LogP contribution in [0.25, 0.3) is 0 Å². The van der Waals surface area contributed by atoms with Gasteiger partial charge in [0.2, 0.25) is 0 Å². The predicted octanol–water partition coefficient (Wildman–Crippen LogP) is 3.40. The van der Waals surface area contributed by atoms with Crippen molar-refractivity contribution >= 4 is 47.2 Å².